The summed E-state index contributed by atoms with van der Waals surface area (Å²) in [6.45, 7) is 7.01. The molecule has 0 aliphatic carbocycles. The highest BCUT2D eigenvalue weighted by molar-refractivity contribution is 6.12. The van der Waals surface area contributed by atoms with Gasteiger partial charge in [0.05, 0.1) is 17.0 Å². The standard InChI is InChI=1S/C23H26N2O2/c1-3-25-20-15-24(14-13-17-9-5-4-6-10-17)16-23(20,2)21(26)18-11-7-8-12-19(18)22(25)27/h4-12,20H,3,13-16H2,1-2H3/t20-,23+/m1/s1. The van der Waals surface area contributed by atoms with E-state index in [1.807, 2.05) is 43.0 Å². The van der Waals surface area contributed by atoms with Gasteiger partial charge in [-0.25, -0.2) is 0 Å². The number of fused-ring (bicyclic) bond motifs is 2. The van der Waals surface area contributed by atoms with E-state index in [1.165, 1.54) is 5.56 Å². The van der Waals surface area contributed by atoms with Gasteiger partial charge >= 0.3 is 0 Å². The first-order chi connectivity index (χ1) is 13.0. The van der Waals surface area contributed by atoms with Gasteiger partial charge in [-0.05, 0) is 31.9 Å². The number of hydrogen-bond acceptors (Lipinski definition) is 3. The van der Waals surface area contributed by atoms with Crippen molar-refractivity contribution in [1.29, 1.82) is 0 Å². The summed E-state index contributed by atoms with van der Waals surface area (Å²) in [6.07, 6.45) is 0.953. The molecule has 2 atom stereocenters. The van der Waals surface area contributed by atoms with Crippen LogP contribution in [0.5, 0.6) is 0 Å². The first-order valence-electron chi connectivity index (χ1n) is 9.75. The Kier molecular flexibility index (Phi) is 4.60. The SMILES string of the molecule is CCN1C(=O)c2ccccc2C(=O)[C@@]2(C)CN(CCc3ccccc3)C[C@@H]12. The minimum Gasteiger partial charge on any atom is -0.334 e. The van der Waals surface area contributed by atoms with Gasteiger partial charge in [-0.15, -0.1) is 0 Å². The molecule has 1 fully saturated rings. The van der Waals surface area contributed by atoms with E-state index in [2.05, 4.69) is 29.2 Å². The van der Waals surface area contributed by atoms with Crippen LogP contribution in [-0.2, 0) is 6.42 Å². The minimum atomic E-state index is -0.561. The number of Topliss-reactive ketones (excluding diaryl/α,β-unsaturated/α-hetero) is 1. The van der Waals surface area contributed by atoms with E-state index in [0.717, 1.165) is 19.5 Å². The van der Waals surface area contributed by atoms with E-state index in [4.69, 9.17) is 0 Å². The summed E-state index contributed by atoms with van der Waals surface area (Å²) < 4.78 is 0. The fourth-order valence-electron chi connectivity index (χ4n) is 4.68. The molecule has 0 saturated carbocycles. The fourth-order valence-corrected chi connectivity index (χ4v) is 4.68. The van der Waals surface area contributed by atoms with Gasteiger partial charge in [0.1, 0.15) is 0 Å². The van der Waals surface area contributed by atoms with E-state index in [0.29, 0.717) is 24.2 Å². The van der Waals surface area contributed by atoms with Crippen molar-refractivity contribution in [3.63, 3.8) is 0 Å². The predicted molar refractivity (Wildman–Crippen MR) is 106 cm³/mol. The second kappa shape index (κ2) is 6.93. The molecule has 0 bridgehead atoms. The van der Waals surface area contributed by atoms with Gasteiger partial charge in [0.15, 0.2) is 5.78 Å². The van der Waals surface area contributed by atoms with Gasteiger partial charge in [-0.1, -0.05) is 48.5 Å². The van der Waals surface area contributed by atoms with Crippen LogP contribution in [0.4, 0.5) is 0 Å². The normalized spacial score (nSPS) is 25.3. The van der Waals surface area contributed by atoms with Gasteiger partial charge in [0, 0.05) is 31.7 Å². The van der Waals surface area contributed by atoms with E-state index < -0.39 is 5.41 Å². The maximum Gasteiger partial charge on any atom is 0.254 e. The smallest absolute Gasteiger partial charge is 0.254 e. The van der Waals surface area contributed by atoms with Crippen LogP contribution in [0.2, 0.25) is 0 Å². The number of hydrogen-bond donors (Lipinski definition) is 0. The minimum absolute atomic E-state index is 0.0138. The number of likely N-dealkylation sites (tertiary alicyclic amines) is 1. The van der Waals surface area contributed by atoms with Crippen molar-refractivity contribution in [2.75, 3.05) is 26.2 Å². The Hall–Kier alpha value is -2.46. The van der Waals surface area contributed by atoms with E-state index in [9.17, 15) is 9.59 Å². The molecule has 2 heterocycles. The molecular formula is C23H26N2O2. The Morgan fingerprint density at radius 1 is 1.00 bits per heavy atom. The number of benzene rings is 2. The van der Waals surface area contributed by atoms with Crippen molar-refractivity contribution in [1.82, 2.24) is 9.80 Å². The second-order valence-corrected chi connectivity index (χ2v) is 7.87. The van der Waals surface area contributed by atoms with Crippen molar-refractivity contribution >= 4 is 11.7 Å². The van der Waals surface area contributed by atoms with Crippen molar-refractivity contribution in [2.24, 2.45) is 5.41 Å². The third-order valence-corrected chi connectivity index (χ3v) is 6.18. The Morgan fingerprint density at radius 2 is 1.67 bits per heavy atom. The van der Waals surface area contributed by atoms with E-state index in [-0.39, 0.29) is 17.7 Å². The number of ketones is 1. The molecule has 4 rings (SSSR count). The molecular weight excluding hydrogens is 336 g/mol. The number of carbonyl (C=O) groups is 2. The second-order valence-electron chi connectivity index (χ2n) is 7.87. The Labute approximate surface area is 160 Å². The molecule has 0 radical (unpaired) electrons. The van der Waals surface area contributed by atoms with Gasteiger partial charge in [-0.3, -0.25) is 14.5 Å². The maximum absolute atomic E-state index is 13.5. The highest BCUT2D eigenvalue weighted by atomic mass is 16.2. The van der Waals surface area contributed by atoms with Crippen LogP contribution >= 0.6 is 0 Å². The molecule has 2 aromatic rings. The summed E-state index contributed by atoms with van der Waals surface area (Å²) in [5, 5.41) is 0. The molecule has 2 aromatic carbocycles. The quantitative estimate of drug-likeness (QED) is 0.838. The highest BCUT2D eigenvalue weighted by Crippen LogP contribution is 2.41. The Bertz CT molecular complexity index is 864. The van der Waals surface area contributed by atoms with Gasteiger partial charge in [0.25, 0.3) is 5.91 Å². The zero-order chi connectivity index (χ0) is 19.0. The number of carbonyl (C=O) groups excluding carboxylic acids is 2. The van der Waals surface area contributed by atoms with E-state index in [1.54, 1.807) is 6.07 Å². The third kappa shape index (κ3) is 2.98. The molecule has 0 aromatic heterocycles. The lowest BCUT2D eigenvalue weighted by Gasteiger charge is -2.34. The average Bonchev–Trinajstić information content (AvgIpc) is 3.02. The molecule has 140 valence electrons. The average molecular weight is 362 g/mol. The number of amides is 1. The summed E-state index contributed by atoms with van der Waals surface area (Å²) in [6, 6.07) is 17.6. The fraction of sp³-hybridized carbons (Fsp3) is 0.391. The highest BCUT2D eigenvalue weighted by Gasteiger charge is 2.54. The molecule has 1 saturated heterocycles. The number of nitrogens with zero attached hydrogens (tertiary/aromatic N) is 2. The van der Waals surface area contributed by atoms with Crippen LogP contribution in [0.15, 0.2) is 54.6 Å². The topological polar surface area (TPSA) is 40.6 Å². The molecule has 2 aliphatic rings. The van der Waals surface area contributed by atoms with Crippen LogP contribution in [0.1, 0.15) is 40.1 Å². The third-order valence-electron chi connectivity index (χ3n) is 6.18. The summed E-state index contributed by atoms with van der Waals surface area (Å²) in [5.41, 5.74) is 1.87. The molecule has 2 aliphatic heterocycles. The first-order valence-corrected chi connectivity index (χ1v) is 9.75. The van der Waals surface area contributed by atoms with Gasteiger partial charge in [-0.2, -0.15) is 0 Å². The Balaban J connectivity index is 1.63. The molecule has 0 spiro atoms. The van der Waals surface area contributed by atoms with Crippen LogP contribution in [-0.4, -0.2) is 53.7 Å². The van der Waals surface area contributed by atoms with Crippen LogP contribution in [0.3, 0.4) is 0 Å². The molecule has 1 amide bonds. The number of likely N-dealkylation sites (N-methyl/N-ethyl adjacent to an activating group) is 1. The molecule has 4 heteroatoms. The molecule has 27 heavy (non-hydrogen) atoms. The lowest BCUT2D eigenvalue weighted by molar-refractivity contribution is 0.0560. The zero-order valence-corrected chi connectivity index (χ0v) is 16.0. The van der Waals surface area contributed by atoms with Crippen LogP contribution in [0, 0.1) is 5.41 Å². The van der Waals surface area contributed by atoms with Gasteiger partial charge in [0.2, 0.25) is 0 Å². The van der Waals surface area contributed by atoms with Crippen molar-refractivity contribution in [3.05, 3.63) is 71.3 Å². The summed E-state index contributed by atoms with van der Waals surface area (Å²) in [7, 11) is 0. The van der Waals surface area contributed by atoms with Crippen LogP contribution in [0.25, 0.3) is 0 Å². The van der Waals surface area contributed by atoms with Crippen molar-refractivity contribution in [2.45, 2.75) is 26.3 Å². The predicted octanol–water partition coefficient (Wildman–Crippen LogP) is 3.28. The summed E-state index contributed by atoms with van der Waals surface area (Å²) in [5.74, 6) is 0.0923. The Morgan fingerprint density at radius 3 is 2.37 bits per heavy atom. The molecule has 4 nitrogen and oxygen atoms in total. The molecule has 0 unspecified atom stereocenters. The lowest BCUT2D eigenvalue weighted by Crippen LogP contribution is -2.49. The van der Waals surface area contributed by atoms with Crippen molar-refractivity contribution < 1.29 is 9.59 Å². The lowest BCUT2D eigenvalue weighted by atomic mass is 9.78. The maximum atomic E-state index is 13.5. The summed E-state index contributed by atoms with van der Waals surface area (Å²) in [4.78, 5) is 30.9. The largest absolute Gasteiger partial charge is 0.334 e. The zero-order valence-electron chi connectivity index (χ0n) is 16.0. The first kappa shape index (κ1) is 17.9. The number of rotatable bonds is 4. The van der Waals surface area contributed by atoms with E-state index >= 15 is 0 Å². The monoisotopic (exact) mass is 362 g/mol. The van der Waals surface area contributed by atoms with Crippen LogP contribution < -0.4 is 0 Å². The summed E-state index contributed by atoms with van der Waals surface area (Å²) >= 11 is 0. The molecule has 0 N–H and O–H groups in total. The van der Waals surface area contributed by atoms with Gasteiger partial charge < -0.3 is 4.90 Å². The van der Waals surface area contributed by atoms with Crippen molar-refractivity contribution in [3.8, 4) is 0 Å².